The summed E-state index contributed by atoms with van der Waals surface area (Å²) in [5, 5.41) is 12.3. The van der Waals surface area contributed by atoms with Crippen LogP contribution in [0.2, 0.25) is 0 Å². The minimum Gasteiger partial charge on any atom is -0.477 e. The van der Waals surface area contributed by atoms with Gasteiger partial charge < -0.3 is 9.63 Å². The summed E-state index contributed by atoms with van der Waals surface area (Å²) in [6.45, 7) is 3.00. The van der Waals surface area contributed by atoms with E-state index in [1.54, 1.807) is 0 Å². The standard InChI is InChI=1S/C11H11N3O5S/c1-6-10(7(2)19-13-6)20(17,18)14-8-3-4-9(11(15)16)12-5-8/h3-5,14H,1-2H3,(H,15,16). The van der Waals surface area contributed by atoms with Crippen LogP contribution in [0.4, 0.5) is 5.69 Å². The number of anilines is 1. The Balaban J connectivity index is 2.31. The second-order valence-electron chi connectivity index (χ2n) is 4.00. The molecule has 0 atom stereocenters. The first kappa shape index (κ1) is 14.0. The number of rotatable bonds is 4. The van der Waals surface area contributed by atoms with Gasteiger partial charge >= 0.3 is 5.97 Å². The van der Waals surface area contributed by atoms with Crippen molar-refractivity contribution in [1.82, 2.24) is 10.1 Å². The molecule has 0 spiro atoms. The minimum atomic E-state index is -3.86. The monoisotopic (exact) mass is 297 g/mol. The number of nitrogens with zero attached hydrogens (tertiary/aromatic N) is 2. The highest BCUT2D eigenvalue weighted by atomic mass is 32.2. The molecule has 2 rings (SSSR count). The van der Waals surface area contributed by atoms with Gasteiger partial charge in [0.25, 0.3) is 10.0 Å². The maximum absolute atomic E-state index is 12.2. The number of sulfonamides is 1. The lowest BCUT2D eigenvalue weighted by atomic mass is 10.3. The number of aromatic carboxylic acids is 1. The second-order valence-corrected chi connectivity index (χ2v) is 5.62. The molecule has 0 aliphatic carbocycles. The number of aromatic nitrogens is 2. The summed E-state index contributed by atoms with van der Waals surface area (Å²) in [6, 6.07) is 2.51. The van der Waals surface area contributed by atoms with Gasteiger partial charge in [0.1, 0.15) is 11.4 Å². The third kappa shape index (κ3) is 2.62. The van der Waals surface area contributed by atoms with E-state index in [-0.39, 0.29) is 27.7 Å². The van der Waals surface area contributed by atoms with E-state index in [4.69, 9.17) is 9.63 Å². The fourth-order valence-electron chi connectivity index (χ4n) is 1.65. The van der Waals surface area contributed by atoms with Gasteiger partial charge in [-0.05, 0) is 26.0 Å². The fraction of sp³-hybridized carbons (Fsp3) is 0.182. The Labute approximate surface area is 114 Å². The molecule has 20 heavy (non-hydrogen) atoms. The molecule has 0 saturated heterocycles. The van der Waals surface area contributed by atoms with Crippen molar-refractivity contribution in [2.24, 2.45) is 0 Å². The molecule has 2 aromatic heterocycles. The lowest BCUT2D eigenvalue weighted by Gasteiger charge is -2.07. The van der Waals surface area contributed by atoms with E-state index in [0.717, 1.165) is 6.20 Å². The van der Waals surface area contributed by atoms with Gasteiger partial charge in [-0.3, -0.25) is 4.72 Å². The largest absolute Gasteiger partial charge is 0.477 e. The maximum atomic E-state index is 12.2. The number of hydrogen-bond acceptors (Lipinski definition) is 6. The number of carboxylic acids is 1. The molecule has 0 aliphatic rings. The molecule has 0 aromatic carbocycles. The van der Waals surface area contributed by atoms with Crippen LogP contribution >= 0.6 is 0 Å². The normalized spacial score (nSPS) is 11.3. The molecule has 0 amide bonds. The average Bonchev–Trinajstić information content (AvgIpc) is 2.69. The molecule has 0 unspecified atom stereocenters. The summed E-state index contributed by atoms with van der Waals surface area (Å²) in [5.74, 6) is -1.02. The van der Waals surface area contributed by atoms with E-state index in [2.05, 4.69) is 14.9 Å². The zero-order chi connectivity index (χ0) is 14.9. The predicted molar refractivity (Wildman–Crippen MR) is 68.0 cm³/mol. The first-order chi connectivity index (χ1) is 9.31. The predicted octanol–water partition coefficient (Wildman–Crippen LogP) is 1.19. The molecule has 2 N–H and O–H groups in total. The van der Waals surface area contributed by atoms with E-state index in [0.29, 0.717) is 0 Å². The van der Waals surface area contributed by atoms with Crippen LogP contribution in [0, 0.1) is 13.8 Å². The maximum Gasteiger partial charge on any atom is 0.354 e. The first-order valence-corrected chi connectivity index (χ1v) is 6.94. The summed E-state index contributed by atoms with van der Waals surface area (Å²) < 4.78 is 31.4. The number of carboxylic acid groups (broad SMARTS) is 1. The third-order valence-electron chi connectivity index (χ3n) is 2.47. The van der Waals surface area contributed by atoms with Gasteiger partial charge in [0.15, 0.2) is 10.7 Å². The summed E-state index contributed by atoms with van der Waals surface area (Å²) in [5.41, 5.74) is 0.213. The van der Waals surface area contributed by atoms with Crippen LogP contribution in [-0.2, 0) is 10.0 Å². The Morgan fingerprint density at radius 1 is 1.35 bits per heavy atom. The number of nitrogens with one attached hydrogen (secondary N) is 1. The second kappa shape index (κ2) is 4.93. The smallest absolute Gasteiger partial charge is 0.354 e. The Bertz CT molecular complexity index is 729. The van der Waals surface area contributed by atoms with Crippen molar-refractivity contribution in [3.63, 3.8) is 0 Å². The molecule has 2 heterocycles. The zero-order valence-corrected chi connectivity index (χ0v) is 11.4. The summed E-state index contributed by atoms with van der Waals surface area (Å²) in [6.07, 6.45) is 1.12. The molecular formula is C11H11N3O5S. The Hall–Kier alpha value is -2.42. The molecule has 0 aliphatic heterocycles. The van der Waals surface area contributed by atoms with E-state index < -0.39 is 16.0 Å². The van der Waals surface area contributed by atoms with Crippen LogP contribution in [0.15, 0.2) is 27.7 Å². The topological polar surface area (TPSA) is 122 Å². The van der Waals surface area contributed by atoms with Crippen LogP contribution in [0.1, 0.15) is 21.9 Å². The Morgan fingerprint density at radius 3 is 2.50 bits per heavy atom. The van der Waals surface area contributed by atoms with E-state index >= 15 is 0 Å². The highest BCUT2D eigenvalue weighted by Gasteiger charge is 2.24. The number of aryl methyl sites for hydroxylation is 2. The Kier molecular flexibility index (Phi) is 3.45. The summed E-state index contributed by atoms with van der Waals surface area (Å²) >= 11 is 0. The molecule has 0 saturated carbocycles. The molecule has 106 valence electrons. The van der Waals surface area contributed by atoms with Crippen molar-refractivity contribution in [2.45, 2.75) is 18.7 Å². The van der Waals surface area contributed by atoms with Crippen LogP contribution in [0.5, 0.6) is 0 Å². The number of carbonyl (C=O) groups is 1. The van der Waals surface area contributed by atoms with Gasteiger partial charge in [0.2, 0.25) is 0 Å². The number of hydrogen-bond donors (Lipinski definition) is 2. The highest BCUT2D eigenvalue weighted by molar-refractivity contribution is 7.92. The fourth-order valence-corrected chi connectivity index (χ4v) is 3.02. The third-order valence-corrected chi connectivity index (χ3v) is 4.10. The van der Waals surface area contributed by atoms with Gasteiger partial charge in [0.05, 0.1) is 11.9 Å². The van der Waals surface area contributed by atoms with Crippen LogP contribution < -0.4 is 4.72 Å². The van der Waals surface area contributed by atoms with Gasteiger partial charge in [-0.2, -0.15) is 0 Å². The highest BCUT2D eigenvalue weighted by Crippen LogP contribution is 2.21. The lowest BCUT2D eigenvalue weighted by Crippen LogP contribution is -2.15. The van der Waals surface area contributed by atoms with E-state index in [1.807, 2.05) is 0 Å². The SMILES string of the molecule is Cc1noc(C)c1S(=O)(=O)Nc1ccc(C(=O)O)nc1. The molecule has 0 bridgehead atoms. The molecule has 0 radical (unpaired) electrons. The van der Waals surface area contributed by atoms with Gasteiger partial charge in [0, 0.05) is 0 Å². The quantitative estimate of drug-likeness (QED) is 0.868. The molecular weight excluding hydrogens is 286 g/mol. The number of pyridine rings is 1. The summed E-state index contributed by atoms with van der Waals surface area (Å²) in [7, 11) is -3.86. The molecule has 9 heteroatoms. The first-order valence-electron chi connectivity index (χ1n) is 5.46. The van der Waals surface area contributed by atoms with Crippen molar-refractivity contribution in [2.75, 3.05) is 4.72 Å². The molecule has 8 nitrogen and oxygen atoms in total. The van der Waals surface area contributed by atoms with E-state index in [1.165, 1.54) is 26.0 Å². The van der Waals surface area contributed by atoms with Gasteiger partial charge in [-0.1, -0.05) is 5.16 Å². The van der Waals surface area contributed by atoms with Gasteiger partial charge in [-0.25, -0.2) is 18.2 Å². The summed E-state index contributed by atoms with van der Waals surface area (Å²) in [4.78, 5) is 14.2. The van der Waals surface area contributed by atoms with Crippen molar-refractivity contribution < 1.29 is 22.8 Å². The van der Waals surface area contributed by atoms with Crippen molar-refractivity contribution in [1.29, 1.82) is 0 Å². The average molecular weight is 297 g/mol. The van der Waals surface area contributed by atoms with Crippen LogP contribution in [0.25, 0.3) is 0 Å². The van der Waals surface area contributed by atoms with Crippen LogP contribution in [-0.4, -0.2) is 29.6 Å². The Morgan fingerprint density at radius 2 is 2.05 bits per heavy atom. The molecule has 2 aromatic rings. The zero-order valence-electron chi connectivity index (χ0n) is 10.6. The minimum absolute atomic E-state index is 0.0418. The van der Waals surface area contributed by atoms with Crippen LogP contribution in [0.3, 0.4) is 0 Å². The van der Waals surface area contributed by atoms with Crippen molar-refractivity contribution in [3.8, 4) is 0 Å². The van der Waals surface area contributed by atoms with Crippen molar-refractivity contribution in [3.05, 3.63) is 35.5 Å². The lowest BCUT2D eigenvalue weighted by molar-refractivity contribution is 0.0690. The van der Waals surface area contributed by atoms with Gasteiger partial charge in [-0.15, -0.1) is 0 Å². The van der Waals surface area contributed by atoms with Crippen molar-refractivity contribution >= 4 is 21.7 Å². The molecule has 0 fully saturated rings. The van der Waals surface area contributed by atoms with E-state index in [9.17, 15) is 13.2 Å².